The van der Waals surface area contributed by atoms with E-state index < -0.39 is 22.0 Å². The molecule has 0 fully saturated rings. The molecule has 3 aromatic rings. The van der Waals surface area contributed by atoms with E-state index in [1.165, 1.54) is 16.5 Å². The summed E-state index contributed by atoms with van der Waals surface area (Å²) in [6.07, 6.45) is 5.19. The molecule has 0 saturated heterocycles. The van der Waals surface area contributed by atoms with Gasteiger partial charge in [-0.2, -0.15) is 0 Å². The predicted octanol–water partition coefficient (Wildman–Crippen LogP) is 1.70. The molecule has 11 nitrogen and oxygen atoms in total. The standard InChI is InChI=1S/C23H30N4O3S.C2H2O4/c1-27(2)13-11-19-16-25-22-9-6-18(14-21(19)22)10-12-24-23(28)15-17-4-7-20(8-5-17)26-31(3,29)30;3-1(4)2(5)6/h4-9,14,16,25-26H,10-13,15H2,1-3H3,(H,24,28);(H,3,4)(H,5,6). The summed E-state index contributed by atoms with van der Waals surface area (Å²) in [5.41, 5.74) is 4.95. The Hall–Kier alpha value is -3.90. The molecule has 1 heterocycles. The number of carboxylic acids is 2. The first-order chi connectivity index (χ1) is 17.3. The number of aliphatic carboxylic acids is 2. The number of nitrogens with zero attached hydrogens (tertiary/aromatic N) is 1. The Bertz CT molecular complexity index is 1320. The molecule has 0 radical (unpaired) electrons. The van der Waals surface area contributed by atoms with E-state index in [1.807, 2.05) is 0 Å². The second kappa shape index (κ2) is 13.4. The summed E-state index contributed by atoms with van der Waals surface area (Å²) in [4.78, 5) is 36.0. The number of fused-ring (bicyclic) bond motifs is 1. The third-order valence-electron chi connectivity index (χ3n) is 5.20. The van der Waals surface area contributed by atoms with Crippen LogP contribution in [-0.4, -0.2) is 79.8 Å². The van der Waals surface area contributed by atoms with E-state index in [0.29, 0.717) is 12.2 Å². The van der Waals surface area contributed by atoms with Crippen molar-refractivity contribution in [3.63, 3.8) is 0 Å². The number of anilines is 1. The number of rotatable bonds is 10. The zero-order valence-corrected chi connectivity index (χ0v) is 21.8. The molecule has 0 saturated carbocycles. The van der Waals surface area contributed by atoms with Crippen LogP contribution in [0, 0.1) is 0 Å². The van der Waals surface area contributed by atoms with Crippen LogP contribution in [0.3, 0.4) is 0 Å². The van der Waals surface area contributed by atoms with Gasteiger partial charge in [0.15, 0.2) is 0 Å². The lowest BCUT2D eigenvalue weighted by atomic mass is 10.1. The average molecular weight is 533 g/mol. The predicted molar refractivity (Wildman–Crippen MR) is 141 cm³/mol. The van der Waals surface area contributed by atoms with Crippen molar-refractivity contribution < 1.29 is 33.0 Å². The third-order valence-corrected chi connectivity index (χ3v) is 5.81. The van der Waals surface area contributed by atoms with Crippen LogP contribution in [0.5, 0.6) is 0 Å². The van der Waals surface area contributed by atoms with Crippen molar-refractivity contribution in [2.24, 2.45) is 0 Å². The molecular weight excluding hydrogens is 500 g/mol. The minimum absolute atomic E-state index is 0.0572. The number of aromatic amines is 1. The first-order valence-electron chi connectivity index (χ1n) is 11.4. The van der Waals surface area contributed by atoms with Gasteiger partial charge < -0.3 is 25.4 Å². The smallest absolute Gasteiger partial charge is 0.414 e. The molecule has 0 aliphatic heterocycles. The minimum Gasteiger partial charge on any atom is -0.473 e. The molecule has 1 aromatic heterocycles. The van der Waals surface area contributed by atoms with Crippen LogP contribution in [0.15, 0.2) is 48.7 Å². The number of nitrogens with one attached hydrogen (secondary N) is 3. The Morgan fingerprint density at radius 2 is 1.57 bits per heavy atom. The van der Waals surface area contributed by atoms with Crippen LogP contribution in [-0.2, 0) is 43.7 Å². The summed E-state index contributed by atoms with van der Waals surface area (Å²) >= 11 is 0. The first kappa shape index (κ1) is 29.3. The summed E-state index contributed by atoms with van der Waals surface area (Å²) in [6.45, 7) is 1.56. The Balaban J connectivity index is 0.000000717. The number of amides is 1. The van der Waals surface area contributed by atoms with Gasteiger partial charge in [0.05, 0.1) is 12.7 Å². The number of carbonyl (C=O) groups excluding carboxylic acids is 1. The summed E-state index contributed by atoms with van der Waals surface area (Å²) < 4.78 is 24.9. The van der Waals surface area contributed by atoms with Crippen LogP contribution < -0.4 is 10.0 Å². The Morgan fingerprint density at radius 1 is 0.946 bits per heavy atom. The van der Waals surface area contributed by atoms with Crippen LogP contribution in [0.4, 0.5) is 5.69 Å². The number of carbonyl (C=O) groups is 3. The minimum atomic E-state index is -3.30. The number of aromatic nitrogens is 1. The molecule has 0 unspecified atom stereocenters. The monoisotopic (exact) mass is 532 g/mol. The lowest BCUT2D eigenvalue weighted by Crippen LogP contribution is -2.27. The Labute approximate surface area is 215 Å². The number of hydrogen-bond acceptors (Lipinski definition) is 6. The highest BCUT2D eigenvalue weighted by Gasteiger charge is 2.08. The molecule has 0 atom stereocenters. The Morgan fingerprint density at radius 3 is 2.14 bits per heavy atom. The van der Waals surface area contributed by atoms with Gasteiger partial charge in [0, 0.05) is 35.9 Å². The summed E-state index contributed by atoms with van der Waals surface area (Å²) in [5.74, 6) is -3.71. The average Bonchev–Trinajstić information content (AvgIpc) is 3.20. The number of H-pyrrole nitrogens is 1. The van der Waals surface area contributed by atoms with Crippen molar-refractivity contribution in [2.45, 2.75) is 19.3 Å². The highest BCUT2D eigenvalue weighted by molar-refractivity contribution is 7.92. The van der Waals surface area contributed by atoms with Gasteiger partial charge in [0.25, 0.3) is 0 Å². The summed E-state index contributed by atoms with van der Waals surface area (Å²) in [6, 6.07) is 13.2. The number of benzene rings is 2. The normalized spacial score (nSPS) is 11.0. The molecule has 0 spiro atoms. The van der Waals surface area contributed by atoms with Gasteiger partial charge in [-0.25, -0.2) is 18.0 Å². The molecule has 3 rings (SSSR count). The van der Waals surface area contributed by atoms with E-state index in [1.54, 1.807) is 24.3 Å². The van der Waals surface area contributed by atoms with Gasteiger partial charge in [0.1, 0.15) is 0 Å². The molecule has 12 heteroatoms. The molecule has 0 aliphatic carbocycles. The fourth-order valence-electron chi connectivity index (χ4n) is 3.43. The number of likely N-dealkylation sites (N-methyl/N-ethyl adjacent to an activating group) is 1. The van der Waals surface area contributed by atoms with Crippen LogP contribution in [0.1, 0.15) is 16.7 Å². The van der Waals surface area contributed by atoms with E-state index >= 15 is 0 Å². The zero-order valence-electron chi connectivity index (χ0n) is 20.9. The van der Waals surface area contributed by atoms with E-state index in [2.05, 4.69) is 58.4 Å². The van der Waals surface area contributed by atoms with Crippen LogP contribution >= 0.6 is 0 Å². The maximum absolute atomic E-state index is 12.3. The van der Waals surface area contributed by atoms with Crippen molar-refractivity contribution in [2.75, 3.05) is 38.2 Å². The van der Waals surface area contributed by atoms with Crippen LogP contribution in [0.2, 0.25) is 0 Å². The topological polar surface area (TPSA) is 169 Å². The van der Waals surface area contributed by atoms with Crippen molar-refractivity contribution >= 4 is 44.5 Å². The molecule has 1 amide bonds. The van der Waals surface area contributed by atoms with Crippen molar-refractivity contribution in [1.29, 1.82) is 0 Å². The summed E-state index contributed by atoms with van der Waals surface area (Å²) in [7, 11) is 0.842. The first-order valence-corrected chi connectivity index (χ1v) is 13.3. The highest BCUT2D eigenvalue weighted by Crippen LogP contribution is 2.21. The fourth-order valence-corrected chi connectivity index (χ4v) is 4.00. The molecule has 2 aromatic carbocycles. The quantitative estimate of drug-likeness (QED) is 0.246. The Kier molecular flexibility index (Phi) is 10.6. The molecule has 37 heavy (non-hydrogen) atoms. The molecule has 0 aliphatic rings. The largest absolute Gasteiger partial charge is 0.473 e. The molecular formula is C25H32N4O7S. The molecule has 5 N–H and O–H groups in total. The SMILES string of the molecule is CN(C)CCc1c[nH]c2ccc(CCNC(=O)Cc3ccc(NS(C)(=O)=O)cc3)cc12.O=C(O)C(=O)O. The lowest BCUT2D eigenvalue weighted by molar-refractivity contribution is -0.159. The zero-order chi connectivity index (χ0) is 27.6. The second-order valence-corrected chi connectivity index (χ2v) is 10.5. The maximum Gasteiger partial charge on any atom is 0.414 e. The van der Waals surface area contributed by atoms with Gasteiger partial charge >= 0.3 is 11.9 Å². The fraction of sp³-hybridized carbons (Fsp3) is 0.320. The van der Waals surface area contributed by atoms with Crippen molar-refractivity contribution in [3.8, 4) is 0 Å². The van der Waals surface area contributed by atoms with E-state index in [4.69, 9.17) is 19.8 Å². The van der Waals surface area contributed by atoms with Gasteiger partial charge in [-0.1, -0.05) is 18.2 Å². The maximum atomic E-state index is 12.3. The van der Waals surface area contributed by atoms with Gasteiger partial charge in [-0.3, -0.25) is 9.52 Å². The van der Waals surface area contributed by atoms with Gasteiger partial charge in [-0.15, -0.1) is 0 Å². The van der Waals surface area contributed by atoms with Gasteiger partial charge in [0.2, 0.25) is 15.9 Å². The van der Waals surface area contributed by atoms with E-state index in [-0.39, 0.29) is 12.3 Å². The highest BCUT2D eigenvalue weighted by atomic mass is 32.2. The van der Waals surface area contributed by atoms with Crippen molar-refractivity contribution in [1.82, 2.24) is 15.2 Å². The lowest BCUT2D eigenvalue weighted by Gasteiger charge is -2.09. The van der Waals surface area contributed by atoms with E-state index in [9.17, 15) is 13.2 Å². The summed E-state index contributed by atoms with van der Waals surface area (Å²) in [5, 5.41) is 19.0. The van der Waals surface area contributed by atoms with Crippen molar-refractivity contribution in [3.05, 3.63) is 65.4 Å². The molecule has 0 bridgehead atoms. The van der Waals surface area contributed by atoms with Gasteiger partial charge in [-0.05, 0) is 67.9 Å². The molecule has 200 valence electrons. The second-order valence-electron chi connectivity index (χ2n) is 8.71. The van der Waals surface area contributed by atoms with E-state index in [0.717, 1.165) is 36.7 Å². The third kappa shape index (κ3) is 10.7. The number of hydrogen-bond donors (Lipinski definition) is 5. The van der Waals surface area contributed by atoms with Crippen LogP contribution in [0.25, 0.3) is 10.9 Å². The number of sulfonamides is 1. The number of carboxylic acid groups (broad SMARTS) is 2.